The maximum absolute atomic E-state index is 12.8. The lowest BCUT2D eigenvalue weighted by Gasteiger charge is -2.27. The zero-order valence-electron chi connectivity index (χ0n) is 12.1. The summed E-state index contributed by atoms with van der Waals surface area (Å²) in [5, 5.41) is 0. The number of benzene rings is 1. The molecule has 0 aliphatic rings. The van der Waals surface area contributed by atoms with Crippen LogP contribution in [-0.4, -0.2) is 0 Å². The Morgan fingerprint density at radius 1 is 1.05 bits per heavy atom. The van der Waals surface area contributed by atoms with Crippen LogP contribution in [0.2, 0.25) is 0 Å². The van der Waals surface area contributed by atoms with Gasteiger partial charge >= 0.3 is 6.18 Å². The van der Waals surface area contributed by atoms with Crippen LogP contribution in [0.3, 0.4) is 0 Å². The van der Waals surface area contributed by atoms with Gasteiger partial charge in [-0.05, 0) is 44.2 Å². The largest absolute Gasteiger partial charge is 0.416 e. The highest BCUT2D eigenvalue weighted by molar-refractivity contribution is 5.59. The highest BCUT2D eigenvalue weighted by Crippen LogP contribution is 2.33. The van der Waals surface area contributed by atoms with Gasteiger partial charge in [0.15, 0.2) is 0 Å². The first-order chi connectivity index (χ1) is 9.81. The van der Waals surface area contributed by atoms with Gasteiger partial charge in [0.1, 0.15) is 0 Å². The number of rotatable bonds is 5. The standard InChI is InChI=1S/C17H18F3N/c1-5-8-13(3)21(14(4)9-6-2)16-11-7-10-15(12-16)17(18,19)20/h5-12H,1-2H2,3-4H3/b13-8+,14-9+. The van der Waals surface area contributed by atoms with Crippen LogP contribution >= 0.6 is 0 Å². The predicted molar refractivity (Wildman–Crippen MR) is 81.8 cm³/mol. The van der Waals surface area contributed by atoms with E-state index in [-0.39, 0.29) is 0 Å². The second kappa shape index (κ2) is 6.97. The molecule has 0 N–H and O–H groups in total. The molecule has 112 valence electrons. The Bertz CT molecular complexity index is 556. The highest BCUT2D eigenvalue weighted by atomic mass is 19.4. The number of nitrogens with zero attached hydrogens (tertiary/aromatic N) is 1. The van der Waals surface area contributed by atoms with Crippen molar-refractivity contribution in [3.8, 4) is 0 Å². The summed E-state index contributed by atoms with van der Waals surface area (Å²) in [7, 11) is 0. The first-order valence-corrected chi connectivity index (χ1v) is 6.37. The van der Waals surface area contributed by atoms with E-state index in [1.807, 2.05) is 13.8 Å². The molecule has 0 amide bonds. The second-order valence-electron chi connectivity index (χ2n) is 4.47. The predicted octanol–water partition coefficient (Wildman–Crippen LogP) is 5.69. The number of hydrogen-bond donors (Lipinski definition) is 0. The molecule has 0 saturated carbocycles. The average molecular weight is 293 g/mol. The van der Waals surface area contributed by atoms with E-state index in [0.29, 0.717) is 5.69 Å². The fraction of sp³-hybridized carbons (Fsp3) is 0.176. The van der Waals surface area contributed by atoms with Crippen molar-refractivity contribution in [3.63, 3.8) is 0 Å². The lowest BCUT2D eigenvalue weighted by molar-refractivity contribution is -0.137. The Labute approximate surface area is 123 Å². The van der Waals surface area contributed by atoms with E-state index in [1.165, 1.54) is 6.07 Å². The van der Waals surface area contributed by atoms with E-state index in [4.69, 9.17) is 0 Å². The molecular formula is C17H18F3N. The summed E-state index contributed by atoms with van der Waals surface area (Å²) in [5.41, 5.74) is 1.29. The van der Waals surface area contributed by atoms with Crippen LogP contribution in [0.5, 0.6) is 0 Å². The molecule has 0 atom stereocenters. The highest BCUT2D eigenvalue weighted by Gasteiger charge is 2.31. The van der Waals surface area contributed by atoms with Gasteiger partial charge in [0.2, 0.25) is 0 Å². The van der Waals surface area contributed by atoms with Gasteiger partial charge in [-0.1, -0.05) is 31.4 Å². The van der Waals surface area contributed by atoms with Crippen molar-refractivity contribution in [2.75, 3.05) is 4.90 Å². The fourth-order valence-electron chi connectivity index (χ4n) is 2.00. The minimum atomic E-state index is -4.37. The topological polar surface area (TPSA) is 3.24 Å². The molecule has 0 spiro atoms. The van der Waals surface area contributed by atoms with Gasteiger partial charge in [0.25, 0.3) is 0 Å². The summed E-state index contributed by atoms with van der Waals surface area (Å²) in [5.74, 6) is 0. The summed E-state index contributed by atoms with van der Waals surface area (Å²) in [6, 6.07) is 5.21. The van der Waals surface area contributed by atoms with Crippen molar-refractivity contribution >= 4 is 5.69 Å². The third-order valence-electron chi connectivity index (χ3n) is 2.86. The maximum atomic E-state index is 12.8. The second-order valence-corrected chi connectivity index (χ2v) is 4.47. The number of halogens is 3. The van der Waals surface area contributed by atoms with Crippen LogP contribution < -0.4 is 4.90 Å². The number of allylic oxidation sites excluding steroid dienone is 6. The average Bonchev–Trinajstić information content (AvgIpc) is 2.39. The van der Waals surface area contributed by atoms with Crippen molar-refractivity contribution in [3.05, 3.63) is 78.7 Å². The first kappa shape index (κ1) is 16.8. The third-order valence-corrected chi connectivity index (χ3v) is 2.86. The van der Waals surface area contributed by atoms with Crippen LogP contribution in [0.4, 0.5) is 18.9 Å². The van der Waals surface area contributed by atoms with Gasteiger partial charge in [-0.25, -0.2) is 0 Å². The molecule has 0 aliphatic heterocycles. The Hall–Kier alpha value is -2.23. The normalized spacial score (nSPS) is 13.0. The Balaban J connectivity index is 3.40. The van der Waals surface area contributed by atoms with Gasteiger partial charge in [-0.2, -0.15) is 13.2 Å². The minimum Gasteiger partial charge on any atom is -0.319 e. The Morgan fingerprint density at radius 2 is 1.57 bits per heavy atom. The van der Waals surface area contributed by atoms with E-state index in [1.54, 1.807) is 35.3 Å². The summed E-state index contributed by atoms with van der Waals surface area (Å²) in [4.78, 5) is 1.72. The zero-order valence-corrected chi connectivity index (χ0v) is 12.1. The minimum absolute atomic E-state index is 0.441. The van der Waals surface area contributed by atoms with E-state index in [9.17, 15) is 13.2 Å². The monoisotopic (exact) mass is 293 g/mol. The molecule has 0 unspecified atom stereocenters. The number of hydrogen-bond acceptors (Lipinski definition) is 1. The molecule has 0 bridgehead atoms. The van der Waals surface area contributed by atoms with E-state index < -0.39 is 11.7 Å². The van der Waals surface area contributed by atoms with Crippen LogP contribution in [0.1, 0.15) is 19.4 Å². The molecule has 0 radical (unpaired) electrons. The molecular weight excluding hydrogens is 275 g/mol. The van der Waals surface area contributed by atoms with Gasteiger partial charge in [0.05, 0.1) is 5.56 Å². The number of anilines is 1. The van der Waals surface area contributed by atoms with Crippen molar-refractivity contribution in [1.29, 1.82) is 0 Å². The Morgan fingerprint density at radius 3 is 2.00 bits per heavy atom. The molecule has 0 aliphatic carbocycles. The zero-order chi connectivity index (χ0) is 16.0. The van der Waals surface area contributed by atoms with Gasteiger partial charge in [-0.3, -0.25) is 0 Å². The molecule has 1 aromatic carbocycles. The molecule has 21 heavy (non-hydrogen) atoms. The van der Waals surface area contributed by atoms with Crippen molar-refractivity contribution in [1.82, 2.24) is 0 Å². The maximum Gasteiger partial charge on any atom is 0.416 e. The van der Waals surface area contributed by atoms with E-state index in [2.05, 4.69) is 13.2 Å². The molecule has 0 fully saturated rings. The molecule has 1 rings (SSSR count). The van der Waals surface area contributed by atoms with E-state index >= 15 is 0 Å². The van der Waals surface area contributed by atoms with Gasteiger partial charge in [0, 0.05) is 17.1 Å². The third kappa shape index (κ3) is 4.38. The van der Waals surface area contributed by atoms with Gasteiger partial charge < -0.3 is 4.90 Å². The molecule has 0 saturated heterocycles. The summed E-state index contributed by atoms with van der Waals surface area (Å²) >= 11 is 0. The van der Waals surface area contributed by atoms with Crippen molar-refractivity contribution < 1.29 is 13.2 Å². The van der Waals surface area contributed by atoms with Crippen LogP contribution in [0, 0.1) is 0 Å². The lowest BCUT2D eigenvalue weighted by atomic mass is 10.1. The summed E-state index contributed by atoms with van der Waals surface area (Å²) in [6.07, 6.45) is 2.30. The number of alkyl halides is 3. The van der Waals surface area contributed by atoms with Crippen LogP contribution in [-0.2, 0) is 6.18 Å². The van der Waals surface area contributed by atoms with Crippen molar-refractivity contribution in [2.24, 2.45) is 0 Å². The smallest absolute Gasteiger partial charge is 0.319 e. The summed E-state index contributed by atoms with van der Waals surface area (Å²) in [6.45, 7) is 10.8. The van der Waals surface area contributed by atoms with Crippen molar-refractivity contribution in [2.45, 2.75) is 20.0 Å². The van der Waals surface area contributed by atoms with Crippen LogP contribution in [0.15, 0.2) is 73.1 Å². The molecule has 4 heteroatoms. The first-order valence-electron chi connectivity index (χ1n) is 6.37. The quantitative estimate of drug-likeness (QED) is 0.630. The van der Waals surface area contributed by atoms with Crippen LogP contribution in [0.25, 0.3) is 0 Å². The molecule has 1 aromatic rings. The summed E-state index contributed by atoms with van der Waals surface area (Å²) < 4.78 is 38.5. The molecule has 0 heterocycles. The molecule has 0 aromatic heterocycles. The van der Waals surface area contributed by atoms with Gasteiger partial charge in [-0.15, -0.1) is 0 Å². The molecule has 1 nitrogen and oxygen atoms in total. The fourth-order valence-corrected chi connectivity index (χ4v) is 2.00. The lowest BCUT2D eigenvalue weighted by Crippen LogP contribution is -2.19. The van der Waals surface area contributed by atoms with E-state index in [0.717, 1.165) is 23.5 Å². The Kier molecular flexibility index (Phi) is 5.59. The SMILES string of the molecule is C=C/C=C(\C)N(/C(C)=C/C=C)c1cccc(C(F)(F)F)c1.